The number of amides is 1. The van der Waals surface area contributed by atoms with Gasteiger partial charge < -0.3 is 11.1 Å². The van der Waals surface area contributed by atoms with Crippen molar-refractivity contribution in [2.24, 2.45) is 11.7 Å². The Morgan fingerprint density at radius 2 is 2.20 bits per heavy atom. The Bertz CT molecular complexity index is 114. The predicted octanol–water partition coefficient (Wildman–Crippen LogP) is 0.106. The fourth-order valence-electron chi connectivity index (χ4n) is 0.679. The lowest BCUT2D eigenvalue weighted by atomic mass is 10.00. The summed E-state index contributed by atoms with van der Waals surface area (Å²) in [5.74, 6) is 0.189. The minimum Gasteiger partial charge on any atom is -0.358 e. The summed E-state index contributed by atoms with van der Waals surface area (Å²) in [6.45, 7) is 3.99. The zero-order valence-corrected chi connectivity index (χ0v) is 6.85. The Labute approximate surface area is 62.0 Å². The van der Waals surface area contributed by atoms with Crippen molar-refractivity contribution in [2.45, 2.75) is 26.3 Å². The monoisotopic (exact) mass is 144 g/mol. The molecule has 0 saturated heterocycles. The number of hydrogen-bond acceptors (Lipinski definition) is 2. The second-order valence-electron chi connectivity index (χ2n) is 2.53. The van der Waals surface area contributed by atoms with Crippen LogP contribution in [0.25, 0.3) is 0 Å². The van der Waals surface area contributed by atoms with Gasteiger partial charge in [0.05, 0.1) is 6.04 Å². The van der Waals surface area contributed by atoms with Gasteiger partial charge >= 0.3 is 0 Å². The third-order valence-electron chi connectivity index (χ3n) is 1.81. The summed E-state index contributed by atoms with van der Waals surface area (Å²) < 4.78 is 0. The van der Waals surface area contributed by atoms with Gasteiger partial charge in [0.1, 0.15) is 0 Å². The van der Waals surface area contributed by atoms with Gasteiger partial charge in [-0.3, -0.25) is 4.79 Å². The fraction of sp³-hybridized carbons (Fsp3) is 0.857. The zero-order chi connectivity index (χ0) is 8.15. The minimum atomic E-state index is -0.352. The molecule has 10 heavy (non-hydrogen) atoms. The molecule has 60 valence electrons. The SMILES string of the molecule is CC[C@H](C)[C@@H](N)C(=O)NC. The average Bonchev–Trinajstić information content (AvgIpc) is 2.00. The Morgan fingerprint density at radius 3 is 2.50 bits per heavy atom. The maximum absolute atomic E-state index is 10.9. The van der Waals surface area contributed by atoms with E-state index >= 15 is 0 Å². The van der Waals surface area contributed by atoms with Crippen LogP contribution in [0, 0.1) is 5.92 Å². The Hall–Kier alpha value is -0.570. The molecule has 0 saturated carbocycles. The van der Waals surface area contributed by atoms with E-state index in [4.69, 9.17) is 5.73 Å². The molecule has 1 amide bonds. The number of likely N-dealkylation sites (N-methyl/N-ethyl adjacent to an activating group) is 1. The van der Waals surface area contributed by atoms with Crippen LogP contribution in [0.3, 0.4) is 0 Å². The first-order valence-electron chi connectivity index (χ1n) is 3.60. The number of hydrogen-bond donors (Lipinski definition) is 2. The summed E-state index contributed by atoms with van der Waals surface area (Å²) >= 11 is 0. The van der Waals surface area contributed by atoms with E-state index in [1.807, 2.05) is 13.8 Å². The first-order valence-corrected chi connectivity index (χ1v) is 3.60. The summed E-state index contributed by atoms with van der Waals surface area (Å²) in [4.78, 5) is 10.9. The van der Waals surface area contributed by atoms with Crippen LogP contribution in [-0.2, 0) is 4.79 Å². The van der Waals surface area contributed by atoms with Crippen molar-refractivity contribution < 1.29 is 4.79 Å². The van der Waals surface area contributed by atoms with E-state index in [0.29, 0.717) is 0 Å². The second kappa shape index (κ2) is 4.28. The van der Waals surface area contributed by atoms with Gasteiger partial charge in [-0.1, -0.05) is 20.3 Å². The normalized spacial score (nSPS) is 16.0. The van der Waals surface area contributed by atoms with Crippen LogP contribution >= 0.6 is 0 Å². The fourth-order valence-corrected chi connectivity index (χ4v) is 0.679. The lowest BCUT2D eigenvalue weighted by Crippen LogP contribution is -2.43. The molecule has 0 heterocycles. The van der Waals surface area contributed by atoms with E-state index in [9.17, 15) is 4.79 Å². The summed E-state index contributed by atoms with van der Waals surface area (Å²) in [7, 11) is 1.60. The topological polar surface area (TPSA) is 55.1 Å². The van der Waals surface area contributed by atoms with E-state index in [0.717, 1.165) is 6.42 Å². The van der Waals surface area contributed by atoms with Gasteiger partial charge in [0.15, 0.2) is 0 Å². The van der Waals surface area contributed by atoms with Gasteiger partial charge in [0, 0.05) is 7.05 Å². The molecule has 0 aromatic rings. The smallest absolute Gasteiger partial charge is 0.236 e. The molecule has 0 spiro atoms. The van der Waals surface area contributed by atoms with Gasteiger partial charge in [-0.25, -0.2) is 0 Å². The van der Waals surface area contributed by atoms with Crippen molar-refractivity contribution in [3.8, 4) is 0 Å². The Kier molecular flexibility index (Phi) is 4.03. The molecule has 0 aliphatic carbocycles. The lowest BCUT2D eigenvalue weighted by molar-refractivity contribution is -0.122. The molecular weight excluding hydrogens is 128 g/mol. The third kappa shape index (κ3) is 2.35. The largest absolute Gasteiger partial charge is 0.358 e. The van der Waals surface area contributed by atoms with Crippen LogP contribution in [0.4, 0.5) is 0 Å². The molecule has 0 aliphatic rings. The quantitative estimate of drug-likeness (QED) is 0.590. The van der Waals surface area contributed by atoms with E-state index in [-0.39, 0.29) is 17.9 Å². The van der Waals surface area contributed by atoms with Crippen molar-refractivity contribution in [2.75, 3.05) is 7.05 Å². The van der Waals surface area contributed by atoms with Crippen LogP contribution in [0.1, 0.15) is 20.3 Å². The highest BCUT2D eigenvalue weighted by Crippen LogP contribution is 2.04. The number of nitrogens with one attached hydrogen (secondary N) is 1. The van der Waals surface area contributed by atoms with Crippen molar-refractivity contribution >= 4 is 5.91 Å². The zero-order valence-electron chi connectivity index (χ0n) is 6.85. The highest BCUT2D eigenvalue weighted by Gasteiger charge is 2.17. The average molecular weight is 144 g/mol. The summed E-state index contributed by atoms with van der Waals surface area (Å²) in [5.41, 5.74) is 5.57. The van der Waals surface area contributed by atoms with Crippen LogP contribution in [-0.4, -0.2) is 19.0 Å². The minimum absolute atomic E-state index is 0.0747. The maximum Gasteiger partial charge on any atom is 0.236 e. The van der Waals surface area contributed by atoms with E-state index in [2.05, 4.69) is 5.32 Å². The lowest BCUT2D eigenvalue weighted by Gasteiger charge is -2.15. The van der Waals surface area contributed by atoms with Gasteiger partial charge in [-0.05, 0) is 5.92 Å². The number of rotatable bonds is 3. The van der Waals surface area contributed by atoms with Crippen molar-refractivity contribution in [1.82, 2.24) is 5.32 Å². The van der Waals surface area contributed by atoms with Crippen LogP contribution in [0.2, 0.25) is 0 Å². The number of nitrogens with two attached hydrogens (primary N) is 1. The molecule has 0 radical (unpaired) electrons. The molecular formula is C7H16N2O. The van der Waals surface area contributed by atoms with Crippen molar-refractivity contribution in [1.29, 1.82) is 0 Å². The highest BCUT2D eigenvalue weighted by atomic mass is 16.2. The predicted molar refractivity (Wildman–Crippen MR) is 41.5 cm³/mol. The highest BCUT2D eigenvalue weighted by molar-refractivity contribution is 5.81. The third-order valence-corrected chi connectivity index (χ3v) is 1.81. The summed E-state index contributed by atoms with van der Waals surface area (Å²) in [6.07, 6.45) is 0.939. The molecule has 0 aromatic heterocycles. The Morgan fingerprint density at radius 1 is 1.70 bits per heavy atom. The van der Waals surface area contributed by atoms with Gasteiger partial charge in [0.25, 0.3) is 0 Å². The van der Waals surface area contributed by atoms with Gasteiger partial charge in [-0.2, -0.15) is 0 Å². The van der Waals surface area contributed by atoms with Crippen molar-refractivity contribution in [3.05, 3.63) is 0 Å². The summed E-state index contributed by atoms with van der Waals surface area (Å²) in [6, 6.07) is -0.352. The molecule has 0 unspecified atom stereocenters. The first-order chi connectivity index (χ1) is 4.63. The molecule has 0 aromatic carbocycles. The van der Waals surface area contributed by atoms with E-state index < -0.39 is 0 Å². The molecule has 0 bridgehead atoms. The molecule has 3 heteroatoms. The van der Waals surface area contributed by atoms with Crippen LogP contribution < -0.4 is 11.1 Å². The molecule has 0 rings (SSSR count). The number of carbonyl (C=O) groups is 1. The van der Waals surface area contributed by atoms with Crippen LogP contribution in [0.5, 0.6) is 0 Å². The molecule has 3 N–H and O–H groups in total. The number of carbonyl (C=O) groups excluding carboxylic acids is 1. The van der Waals surface area contributed by atoms with Crippen molar-refractivity contribution in [3.63, 3.8) is 0 Å². The standard InChI is InChI=1S/C7H16N2O/c1-4-5(2)6(8)7(10)9-3/h5-6H,4,8H2,1-3H3,(H,9,10)/t5-,6+/m0/s1. The van der Waals surface area contributed by atoms with E-state index in [1.54, 1.807) is 7.05 Å². The second-order valence-corrected chi connectivity index (χ2v) is 2.53. The van der Waals surface area contributed by atoms with Gasteiger partial charge in [0.2, 0.25) is 5.91 Å². The van der Waals surface area contributed by atoms with Crippen LogP contribution in [0.15, 0.2) is 0 Å². The molecule has 2 atom stereocenters. The molecule has 3 nitrogen and oxygen atoms in total. The maximum atomic E-state index is 10.9. The molecule has 0 aliphatic heterocycles. The first kappa shape index (κ1) is 9.43. The van der Waals surface area contributed by atoms with E-state index in [1.165, 1.54) is 0 Å². The summed E-state index contributed by atoms with van der Waals surface area (Å²) in [5, 5.41) is 2.52. The Balaban J connectivity index is 3.81. The molecule has 0 fully saturated rings. The van der Waals surface area contributed by atoms with Gasteiger partial charge in [-0.15, -0.1) is 0 Å².